The number of carbonyl (C=O) groups excluding carboxylic acids is 2. The van der Waals surface area contributed by atoms with Crippen LogP contribution in [0.25, 0.3) is 0 Å². The molecule has 2 aromatic rings. The summed E-state index contributed by atoms with van der Waals surface area (Å²) in [5.74, 6) is 0.203. The molecule has 1 fully saturated rings. The Bertz CT molecular complexity index is 679. The van der Waals surface area contributed by atoms with Gasteiger partial charge in [0.25, 0.3) is 0 Å². The van der Waals surface area contributed by atoms with Gasteiger partial charge in [-0.3, -0.25) is 0 Å². The molecule has 1 heterocycles. The summed E-state index contributed by atoms with van der Waals surface area (Å²) >= 11 is 0.0768. The molecular weight excluding hydrogens is 359 g/mol. The Hall–Kier alpha value is -2.30. The molecule has 1 aliphatic rings. The fourth-order valence-electron chi connectivity index (χ4n) is 2.12. The molecule has 2 N–H and O–H groups in total. The quantitative estimate of drug-likeness (QED) is 0.553. The topological polar surface area (TPSA) is 67.4 Å². The third kappa shape index (κ3) is 4.12. The normalized spacial score (nSPS) is 19.4. The average molecular weight is 375 g/mol. The zero-order chi connectivity index (χ0) is 16.1. The van der Waals surface area contributed by atoms with Crippen molar-refractivity contribution in [1.29, 1.82) is 0 Å². The average Bonchev–Trinajstić information content (AvgIpc) is 2.59. The van der Waals surface area contributed by atoms with E-state index in [1.807, 2.05) is 48.5 Å². The van der Waals surface area contributed by atoms with Gasteiger partial charge in [-0.2, -0.15) is 0 Å². The van der Waals surface area contributed by atoms with Crippen LogP contribution in [0.2, 0.25) is 0 Å². The number of ether oxygens (including phenoxy) is 1. The molecule has 0 aliphatic carbocycles. The van der Waals surface area contributed by atoms with Gasteiger partial charge in [-0.15, -0.1) is 0 Å². The van der Waals surface area contributed by atoms with E-state index in [-0.39, 0.29) is 38.3 Å². The van der Waals surface area contributed by atoms with Crippen molar-refractivity contribution >= 4 is 31.2 Å². The van der Waals surface area contributed by atoms with E-state index in [1.165, 1.54) is 4.46 Å². The molecule has 3 rings (SSSR count). The molecule has 2 amide bonds. The van der Waals surface area contributed by atoms with Crippen LogP contribution in [0.1, 0.15) is 0 Å². The van der Waals surface area contributed by atoms with E-state index in [2.05, 4.69) is 10.6 Å². The molecule has 0 bridgehead atoms. The first-order valence-electron chi connectivity index (χ1n) is 7.22. The van der Waals surface area contributed by atoms with Gasteiger partial charge in [0.2, 0.25) is 0 Å². The van der Waals surface area contributed by atoms with Gasteiger partial charge >= 0.3 is 140 Å². The minimum atomic E-state index is -0.470. The Morgan fingerprint density at radius 1 is 1.09 bits per heavy atom. The second-order valence-corrected chi connectivity index (χ2v) is 7.56. The molecule has 23 heavy (non-hydrogen) atoms. The zero-order valence-electron chi connectivity index (χ0n) is 12.3. The summed E-state index contributed by atoms with van der Waals surface area (Å²) in [6, 6.07) is 18.6. The number of benzene rings is 2. The number of carbonyl (C=O) groups is 2. The van der Waals surface area contributed by atoms with Crippen LogP contribution < -0.4 is 19.8 Å². The Morgan fingerprint density at radius 2 is 1.74 bits per heavy atom. The molecule has 0 unspecified atom stereocenters. The van der Waals surface area contributed by atoms with Crippen molar-refractivity contribution in [2.75, 3.05) is 6.61 Å². The second kappa shape index (κ2) is 7.31. The molecular formula is C17H16N2O3Se. The Balaban J connectivity index is 1.49. The third-order valence-corrected chi connectivity index (χ3v) is 5.80. The summed E-state index contributed by atoms with van der Waals surface area (Å²) in [4.78, 5) is 23.6. The standard InChI is InChI=1S/C17H16N2O3Se/c20-14(11-22-12-7-3-1-4-8-12)18-15-16(21)19-17(15)23-13-9-5-2-6-10-13/h1-10,15,17H,11H2,(H,18,20)(H,19,21)/t15-,17-/m1/s1. The number of nitrogens with one attached hydrogen (secondary N) is 2. The van der Waals surface area contributed by atoms with E-state index < -0.39 is 6.04 Å². The van der Waals surface area contributed by atoms with Crippen molar-refractivity contribution in [3.63, 3.8) is 0 Å². The summed E-state index contributed by atoms with van der Waals surface area (Å²) in [5, 5.41) is 5.60. The number of amides is 2. The van der Waals surface area contributed by atoms with E-state index in [0.717, 1.165) is 0 Å². The van der Waals surface area contributed by atoms with Crippen molar-refractivity contribution in [1.82, 2.24) is 10.6 Å². The fraction of sp³-hybridized carbons (Fsp3) is 0.176. The number of para-hydroxylation sites is 1. The van der Waals surface area contributed by atoms with Gasteiger partial charge in [0.1, 0.15) is 0 Å². The van der Waals surface area contributed by atoms with Gasteiger partial charge in [-0.25, -0.2) is 0 Å². The van der Waals surface area contributed by atoms with Gasteiger partial charge < -0.3 is 0 Å². The first kappa shape index (κ1) is 15.6. The van der Waals surface area contributed by atoms with Gasteiger partial charge in [-0.1, -0.05) is 0 Å². The number of hydrogen-bond donors (Lipinski definition) is 2. The molecule has 5 nitrogen and oxygen atoms in total. The van der Waals surface area contributed by atoms with Crippen molar-refractivity contribution < 1.29 is 14.3 Å². The molecule has 118 valence electrons. The van der Waals surface area contributed by atoms with Crippen LogP contribution in [0.5, 0.6) is 5.75 Å². The molecule has 0 radical (unpaired) electrons. The van der Waals surface area contributed by atoms with Gasteiger partial charge in [0.15, 0.2) is 0 Å². The predicted octanol–water partition coefficient (Wildman–Crippen LogP) is 0.0358. The first-order chi connectivity index (χ1) is 11.2. The van der Waals surface area contributed by atoms with Crippen LogP contribution in [-0.2, 0) is 9.59 Å². The summed E-state index contributed by atoms with van der Waals surface area (Å²) in [6.07, 6.45) is 0. The van der Waals surface area contributed by atoms with E-state index in [4.69, 9.17) is 4.74 Å². The van der Waals surface area contributed by atoms with Gasteiger partial charge in [-0.05, 0) is 0 Å². The molecule has 2 atom stereocenters. The van der Waals surface area contributed by atoms with Crippen molar-refractivity contribution in [2.24, 2.45) is 0 Å². The van der Waals surface area contributed by atoms with Crippen LogP contribution in [0.4, 0.5) is 0 Å². The van der Waals surface area contributed by atoms with E-state index >= 15 is 0 Å². The molecule has 0 saturated carbocycles. The summed E-state index contributed by atoms with van der Waals surface area (Å²) < 4.78 is 6.57. The monoisotopic (exact) mass is 376 g/mol. The van der Waals surface area contributed by atoms with Crippen LogP contribution >= 0.6 is 0 Å². The van der Waals surface area contributed by atoms with Crippen LogP contribution in [0.3, 0.4) is 0 Å². The molecule has 6 heteroatoms. The number of rotatable bonds is 6. The Labute approximate surface area is 140 Å². The maximum atomic E-state index is 12.0. The summed E-state index contributed by atoms with van der Waals surface area (Å²) in [7, 11) is 0. The predicted molar refractivity (Wildman–Crippen MR) is 87.6 cm³/mol. The second-order valence-electron chi connectivity index (χ2n) is 5.01. The minimum absolute atomic E-state index is 0.0157. The van der Waals surface area contributed by atoms with Crippen molar-refractivity contribution in [2.45, 2.75) is 11.0 Å². The van der Waals surface area contributed by atoms with Crippen molar-refractivity contribution in [3.8, 4) is 5.75 Å². The molecule has 0 aromatic heterocycles. The van der Waals surface area contributed by atoms with Gasteiger partial charge in [0, 0.05) is 0 Å². The number of β-lactam (4-membered cyclic amide) rings is 1. The molecule has 2 aromatic carbocycles. The maximum absolute atomic E-state index is 12.0. The van der Waals surface area contributed by atoms with E-state index in [0.29, 0.717) is 5.75 Å². The molecule has 1 aliphatic heterocycles. The zero-order valence-corrected chi connectivity index (χ0v) is 14.0. The fourth-order valence-corrected chi connectivity index (χ4v) is 4.45. The van der Waals surface area contributed by atoms with Crippen molar-refractivity contribution in [3.05, 3.63) is 60.7 Å². The molecule has 1 saturated heterocycles. The number of hydrogen-bond acceptors (Lipinski definition) is 3. The summed E-state index contributed by atoms with van der Waals surface area (Å²) in [6.45, 7) is -0.0984. The third-order valence-electron chi connectivity index (χ3n) is 3.31. The van der Waals surface area contributed by atoms with Gasteiger partial charge in [0.05, 0.1) is 0 Å². The Kier molecular flexibility index (Phi) is 4.95. The molecule has 0 spiro atoms. The van der Waals surface area contributed by atoms with Crippen LogP contribution in [0, 0.1) is 0 Å². The summed E-state index contributed by atoms with van der Waals surface area (Å²) in [5.41, 5.74) is 0. The van der Waals surface area contributed by atoms with E-state index in [1.54, 1.807) is 12.1 Å². The van der Waals surface area contributed by atoms with Crippen LogP contribution in [-0.4, -0.2) is 44.4 Å². The van der Waals surface area contributed by atoms with E-state index in [9.17, 15) is 9.59 Å². The Morgan fingerprint density at radius 3 is 2.39 bits per heavy atom. The first-order valence-corrected chi connectivity index (χ1v) is 9.06. The van der Waals surface area contributed by atoms with Crippen LogP contribution in [0.15, 0.2) is 60.7 Å². The SMILES string of the molecule is O=C(COc1ccccc1)N[C@@H]1C(=O)N[C@@H]1[Se]c1ccccc1.